The molecule has 0 aliphatic carbocycles. The number of ether oxygens (including phenoxy) is 1. The third-order valence-electron chi connectivity index (χ3n) is 3.91. The van der Waals surface area contributed by atoms with E-state index >= 15 is 0 Å². The van der Waals surface area contributed by atoms with Gasteiger partial charge in [-0.15, -0.1) is 24.0 Å². The van der Waals surface area contributed by atoms with Crippen LogP contribution < -0.4 is 10.1 Å². The van der Waals surface area contributed by atoms with Gasteiger partial charge in [0.15, 0.2) is 5.96 Å². The second-order valence-electron chi connectivity index (χ2n) is 5.94. The predicted molar refractivity (Wildman–Crippen MR) is 114 cm³/mol. The molecular weight excluding hydrogens is 435 g/mol. The van der Waals surface area contributed by atoms with Crippen molar-refractivity contribution in [2.24, 2.45) is 10.9 Å². The summed E-state index contributed by atoms with van der Waals surface area (Å²) in [5.41, 5.74) is 1.01. The molecule has 1 aromatic rings. The summed E-state index contributed by atoms with van der Waals surface area (Å²) >= 11 is 2.08. The molecule has 2 heterocycles. The van der Waals surface area contributed by atoms with Crippen LogP contribution in [0.3, 0.4) is 0 Å². The molecule has 7 heteroatoms. The van der Waals surface area contributed by atoms with Gasteiger partial charge in [-0.25, -0.2) is 9.98 Å². The van der Waals surface area contributed by atoms with Gasteiger partial charge >= 0.3 is 0 Å². The molecule has 5 nitrogen and oxygen atoms in total. The second kappa shape index (κ2) is 11.0. The van der Waals surface area contributed by atoms with Crippen molar-refractivity contribution in [3.63, 3.8) is 0 Å². The molecule has 1 unspecified atom stereocenters. The molecule has 1 aliphatic heterocycles. The summed E-state index contributed by atoms with van der Waals surface area (Å²) < 4.78 is 5.31. The first-order chi connectivity index (χ1) is 11.2. The Morgan fingerprint density at radius 1 is 1.54 bits per heavy atom. The minimum atomic E-state index is 0. The van der Waals surface area contributed by atoms with Crippen LogP contribution in [0.1, 0.15) is 26.3 Å². The summed E-state index contributed by atoms with van der Waals surface area (Å²) in [5, 5.41) is 4.09. The zero-order chi connectivity index (χ0) is 16.7. The maximum atomic E-state index is 5.31. The number of aromatic nitrogens is 1. The van der Waals surface area contributed by atoms with Crippen LogP contribution in [0, 0.1) is 5.92 Å². The van der Waals surface area contributed by atoms with E-state index in [4.69, 9.17) is 9.73 Å². The second-order valence-corrected chi connectivity index (χ2v) is 7.29. The van der Waals surface area contributed by atoms with E-state index in [1.54, 1.807) is 13.3 Å². The Hall–Kier alpha value is -0.700. The van der Waals surface area contributed by atoms with Crippen LogP contribution in [0.4, 0.5) is 0 Å². The summed E-state index contributed by atoms with van der Waals surface area (Å²) in [5.74, 6) is 3.48. The molecule has 0 radical (unpaired) electrons. The van der Waals surface area contributed by atoms with Gasteiger partial charge in [0.2, 0.25) is 5.88 Å². The number of aliphatic imine (C=N–C) groups is 1. The Labute approximate surface area is 167 Å². The van der Waals surface area contributed by atoms with Gasteiger partial charge in [0.25, 0.3) is 0 Å². The van der Waals surface area contributed by atoms with Crippen molar-refractivity contribution < 1.29 is 4.74 Å². The minimum absolute atomic E-state index is 0. The highest BCUT2D eigenvalue weighted by atomic mass is 127. The highest BCUT2D eigenvalue weighted by Crippen LogP contribution is 2.25. The summed E-state index contributed by atoms with van der Waals surface area (Å²) in [6.07, 6.45) is 1.74. The molecule has 0 amide bonds. The smallest absolute Gasteiger partial charge is 0.218 e. The average molecular weight is 464 g/mol. The molecule has 136 valence electrons. The van der Waals surface area contributed by atoms with Crippen molar-refractivity contribution in [1.29, 1.82) is 0 Å². The van der Waals surface area contributed by atoms with Crippen LogP contribution in [0.25, 0.3) is 0 Å². The van der Waals surface area contributed by atoms with Crippen molar-refractivity contribution in [3.05, 3.63) is 23.9 Å². The van der Waals surface area contributed by atoms with Gasteiger partial charge in [0.1, 0.15) is 0 Å². The normalized spacial score (nSPS) is 18.3. The number of pyridine rings is 1. The van der Waals surface area contributed by atoms with Gasteiger partial charge in [-0.3, -0.25) is 0 Å². The number of methoxy groups -OCH3 is 1. The van der Waals surface area contributed by atoms with Gasteiger partial charge < -0.3 is 15.0 Å². The Bertz CT molecular complexity index is 527. The van der Waals surface area contributed by atoms with E-state index in [-0.39, 0.29) is 24.0 Å². The highest BCUT2D eigenvalue weighted by molar-refractivity contribution is 14.0. The Morgan fingerprint density at radius 2 is 2.33 bits per heavy atom. The summed E-state index contributed by atoms with van der Waals surface area (Å²) in [4.78, 5) is 11.4. The molecule has 0 saturated carbocycles. The molecule has 0 spiro atoms. The van der Waals surface area contributed by atoms with Gasteiger partial charge in [0, 0.05) is 42.4 Å². The molecule has 0 bridgehead atoms. The van der Waals surface area contributed by atoms with E-state index in [0.717, 1.165) is 36.9 Å². The third-order valence-corrected chi connectivity index (χ3v) is 5.45. The van der Waals surface area contributed by atoms with E-state index < -0.39 is 0 Å². The monoisotopic (exact) mass is 464 g/mol. The Kier molecular flexibility index (Phi) is 9.80. The van der Waals surface area contributed by atoms with Crippen molar-refractivity contribution >= 4 is 41.7 Å². The van der Waals surface area contributed by atoms with Gasteiger partial charge in [-0.1, -0.05) is 19.9 Å². The lowest BCUT2D eigenvalue weighted by atomic mass is 10.1. The van der Waals surface area contributed by atoms with Crippen LogP contribution >= 0.6 is 35.7 Å². The van der Waals surface area contributed by atoms with Gasteiger partial charge in [-0.2, -0.15) is 11.8 Å². The van der Waals surface area contributed by atoms with Crippen molar-refractivity contribution in [3.8, 4) is 5.88 Å². The lowest BCUT2D eigenvalue weighted by Crippen LogP contribution is -2.49. The zero-order valence-electron chi connectivity index (χ0n) is 15.0. The van der Waals surface area contributed by atoms with Gasteiger partial charge in [-0.05, 0) is 18.9 Å². The molecule has 1 aromatic heterocycles. The summed E-state index contributed by atoms with van der Waals surface area (Å²) in [6, 6.07) is 3.94. The number of nitrogens with zero attached hydrogens (tertiary/aromatic N) is 3. The highest BCUT2D eigenvalue weighted by Gasteiger charge is 2.24. The first-order valence-corrected chi connectivity index (χ1v) is 9.33. The van der Waals surface area contributed by atoms with Crippen LogP contribution in [-0.2, 0) is 6.54 Å². The quantitative estimate of drug-likeness (QED) is 0.412. The largest absolute Gasteiger partial charge is 0.481 e. The molecule has 1 fully saturated rings. The SMILES string of the molecule is CCNC(=NCc1cccnc1OC)N1CCSC(C(C)C)C1.I. The van der Waals surface area contributed by atoms with Crippen LogP contribution in [0.5, 0.6) is 5.88 Å². The molecular formula is C17H29IN4OS. The maximum absolute atomic E-state index is 5.31. The number of rotatable bonds is 5. The summed E-state index contributed by atoms with van der Waals surface area (Å²) in [6.45, 7) is 10.3. The number of thioether (sulfide) groups is 1. The van der Waals surface area contributed by atoms with E-state index in [0.29, 0.717) is 23.6 Å². The van der Waals surface area contributed by atoms with E-state index in [9.17, 15) is 0 Å². The lowest BCUT2D eigenvalue weighted by Gasteiger charge is -2.36. The maximum Gasteiger partial charge on any atom is 0.218 e. The van der Waals surface area contributed by atoms with E-state index in [1.807, 2.05) is 12.1 Å². The van der Waals surface area contributed by atoms with Crippen LogP contribution in [0.2, 0.25) is 0 Å². The number of hydrogen-bond donors (Lipinski definition) is 1. The third kappa shape index (κ3) is 5.98. The molecule has 0 aromatic carbocycles. The van der Waals surface area contributed by atoms with Crippen molar-refractivity contribution in [2.75, 3.05) is 32.5 Å². The van der Waals surface area contributed by atoms with E-state index in [2.05, 4.69) is 47.7 Å². The molecule has 24 heavy (non-hydrogen) atoms. The fraction of sp³-hybridized carbons (Fsp3) is 0.647. The van der Waals surface area contributed by atoms with E-state index in [1.165, 1.54) is 0 Å². The van der Waals surface area contributed by atoms with Crippen molar-refractivity contribution in [1.82, 2.24) is 15.2 Å². The Balaban J connectivity index is 0.00000288. The number of halogens is 1. The van der Waals surface area contributed by atoms with Crippen LogP contribution in [0.15, 0.2) is 23.3 Å². The number of hydrogen-bond acceptors (Lipinski definition) is 4. The standard InChI is InChI=1S/C17H28N4OS.HI/c1-5-18-17(21-9-10-23-15(12-21)13(2)3)20-11-14-7-6-8-19-16(14)22-4;/h6-8,13,15H,5,9-12H2,1-4H3,(H,18,20);1H. The fourth-order valence-electron chi connectivity index (χ4n) is 2.59. The molecule has 1 N–H and O–H groups in total. The van der Waals surface area contributed by atoms with Gasteiger partial charge in [0.05, 0.1) is 13.7 Å². The van der Waals surface area contributed by atoms with Crippen LogP contribution in [-0.4, -0.2) is 53.6 Å². The molecule has 1 aliphatic rings. The summed E-state index contributed by atoms with van der Waals surface area (Å²) in [7, 11) is 1.65. The average Bonchev–Trinajstić information content (AvgIpc) is 2.59. The molecule has 2 rings (SSSR count). The number of nitrogens with one attached hydrogen (secondary N) is 1. The van der Waals surface area contributed by atoms with Crippen molar-refractivity contribution in [2.45, 2.75) is 32.6 Å². The lowest BCUT2D eigenvalue weighted by molar-refractivity contribution is 0.379. The molecule has 1 atom stereocenters. The first kappa shape index (κ1) is 21.3. The fourth-order valence-corrected chi connectivity index (χ4v) is 3.88. The minimum Gasteiger partial charge on any atom is -0.481 e. The first-order valence-electron chi connectivity index (χ1n) is 8.28. The topological polar surface area (TPSA) is 49.8 Å². The number of guanidine groups is 1. The zero-order valence-corrected chi connectivity index (χ0v) is 18.1. The molecule has 1 saturated heterocycles. The Morgan fingerprint density at radius 3 is 3.00 bits per heavy atom. The predicted octanol–water partition coefficient (Wildman–Crippen LogP) is 3.25.